The number of benzene rings is 2. The standard InChI is InChI=1S/C20H21N3O3S/c1-4-25-17-10-8-16(9-11-17)21-18(24)14(3)27-20-23-22-19(26-20)15-7-5-6-13(2)12-15/h5-12,14H,4H2,1-3H3,(H,21,24)/t14-/m1/s1. The largest absolute Gasteiger partial charge is 0.494 e. The molecule has 0 aliphatic heterocycles. The van der Waals surface area contributed by atoms with Crippen molar-refractivity contribution in [1.82, 2.24) is 10.2 Å². The van der Waals surface area contributed by atoms with Gasteiger partial charge in [0.1, 0.15) is 5.75 Å². The van der Waals surface area contributed by atoms with Gasteiger partial charge in [-0.05, 0) is 57.2 Å². The number of carbonyl (C=O) groups excluding carboxylic acids is 1. The van der Waals surface area contributed by atoms with Crippen LogP contribution in [0.2, 0.25) is 0 Å². The lowest BCUT2D eigenvalue weighted by Gasteiger charge is -2.10. The SMILES string of the molecule is CCOc1ccc(NC(=O)[C@@H](C)Sc2nnc(-c3cccc(C)c3)o2)cc1. The van der Waals surface area contributed by atoms with E-state index >= 15 is 0 Å². The first kappa shape index (κ1) is 19.0. The smallest absolute Gasteiger partial charge is 0.277 e. The number of hydrogen-bond acceptors (Lipinski definition) is 6. The second-order valence-electron chi connectivity index (χ2n) is 5.95. The Labute approximate surface area is 162 Å². The van der Waals surface area contributed by atoms with E-state index in [-0.39, 0.29) is 11.2 Å². The molecule has 1 heterocycles. The lowest BCUT2D eigenvalue weighted by molar-refractivity contribution is -0.115. The van der Waals surface area contributed by atoms with E-state index in [9.17, 15) is 4.79 Å². The molecule has 1 atom stereocenters. The predicted molar refractivity (Wildman–Crippen MR) is 106 cm³/mol. The monoisotopic (exact) mass is 383 g/mol. The van der Waals surface area contributed by atoms with Gasteiger partial charge in [0.15, 0.2) is 0 Å². The Morgan fingerprint density at radius 3 is 2.70 bits per heavy atom. The molecule has 7 heteroatoms. The molecule has 0 aliphatic rings. The van der Waals surface area contributed by atoms with Gasteiger partial charge >= 0.3 is 0 Å². The van der Waals surface area contributed by atoms with E-state index in [1.807, 2.05) is 62.4 Å². The molecular formula is C20H21N3O3S. The normalized spacial score (nSPS) is 11.8. The van der Waals surface area contributed by atoms with Gasteiger partial charge in [0.25, 0.3) is 5.22 Å². The van der Waals surface area contributed by atoms with Gasteiger partial charge in [-0.2, -0.15) is 0 Å². The van der Waals surface area contributed by atoms with Crippen molar-refractivity contribution in [2.45, 2.75) is 31.2 Å². The average Bonchev–Trinajstić information content (AvgIpc) is 3.12. The highest BCUT2D eigenvalue weighted by molar-refractivity contribution is 8.00. The number of nitrogens with zero attached hydrogens (tertiary/aromatic N) is 2. The molecule has 3 aromatic rings. The molecule has 1 aromatic heterocycles. The van der Waals surface area contributed by atoms with Crippen LogP contribution in [0.1, 0.15) is 19.4 Å². The van der Waals surface area contributed by atoms with Crippen LogP contribution >= 0.6 is 11.8 Å². The maximum atomic E-state index is 12.4. The van der Waals surface area contributed by atoms with Gasteiger partial charge in [0, 0.05) is 11.3 Å². The molecule has 0 unspecified atom stereocenters. The number of aromatic nitrogens is 2. The first-order chi connectivity index (χ1) is 13.0. The van der Waals surface area contributed by atoms with Crippen molar-refractivity contribution in [2.24, 2.45) is 0 Å². The molecule has 0 radical (unpaired) electrons. The number of rotatable bonds is 7. The lowest BCUT2D eigenvalue weighted by atomic mass is 10.1. The van der Waals surface area contributed by atoms with Gasteiger partial charge in [0.05, 0.1) is 11.9 Å². The van der Waals surface area contributed by atoms with E-state index in [1.54, 1.807) is 6.92 Å². The molecule has 0 spiro atoms. The van der Waals surface area contributed by atoms with Crippen molar-refractivity contribution >= 4 is 23.4 Å². The third kappa shape index (κ3) is 5.10. The summed E-state index contributed by atoms with van der Waals surface area (Å²) >= 11 is 1.22. The van der Waals surface area contributed by atoms with Gasteiger partial charge in [-0.3, -0.25) is 4.79 Å². The molecule has 0 saturated carbocycles. The fourth-order valence-electron chi connectivity index (χ4n) is 2.40. The van der Waals surface area contributed by atoms with Gasteiger partial charge in [-0.1, -0.05) is 29.5 Å². The fourth-order valence-corrected chi connectivity index (χ4v) is 3.09. The van der Waals surface area contributed by atoms with E-state index in [4.69, 9.17) is 9.15 Å². The maximum absolute atomic E-state index is 12.4. The third-order valence-electron chi connectivity index (χ3n) is 3.75. The number of aryl methyl sites for hydroxylation is 1. The van der Waals surface area contributed by atoms with Crippen LogP contribution in [0.4, 0.5) is 5.69 Å². The highest BCUT2D eigenvalue weighted by Crippen LogP contribution is 2.27. The minimum absolute atomic E-state index is 0.139. The van der Waals surface area contributed by atoms with Crippen molar-refractivity contribution in [3.05, 3.63) is 54.1 Å². The molecule has 2 aromatic carbocycles. The molecule has 1 N–H and O–H groups in total. The third-order valence-corrected chi connectivity index (χ3v) is 4.69. The van der Waals surface area contributed by atoms with Gasteiger partial charge in [0.2, 0.25) is 11.8 Å². The molecule has 1 amide bonds. The number of ether oxygens (including phenoxy) is 1. The summed E-state index contributed by atoms with van der Waals surface area (Å²) in [6.07, 6.45) is 0. The Balaban J connectivity index is 1.59. The zero-order chi connectivity index (χ0) is 19.2. The van der Waals surface area contributed by atoms with Crippen molar-refractivity contribution in [3.8, 4) is 17.2 Å². The number of anilines is 1. The number of thioether (sulfide) groups is 1. The molecule has 0 aliphatic carbocycles. The Morgan fingerprint density at radius 1 is 1.22 bits per heavy atom. The van der Waals surface area contributed by atoms with Crippen molar-refractivity contribution in [3.63, 3.8) is 0 Å². The summed E-state index contributed by atoms with van der Waals surface area (Å²) in [6, 6.07) is 15.1. The Morgan fingerprint density at radius 2 is 2.00 bits per heavy atom. The molecule has 0 saturated heterocycles. The summed E-state index contributed by atoms with van der Waals surface area (Å²) in [7, 11) is 0. The number of amides is 1. The number of nitrogens with one attached hydrogen (secondary N) is 1. The van der Waals surface area contributed by atoms with Gasteiger partial charge in [-0.25, -0.2) is 0 Å². The van der Waals surface area contributed by atoms with E-state index in [0.717, 1.165) is 16.9 Å². The van der Waals surface area contributed by atoms with E-state index in [1.165, 1.54) is 11.8 Å². The van der Waals surface area contributed by atoms with Crippen LogP contribution in [0, 0.1) is 6.92 Å². The van der Waals surface area contributed by atoms with Gasteiger partial charge < -0.3 is 14.5 Å². The van der Waals surface area contributed by atoms with Crippen LogP contribution in [0.3, 0.4) is 0 Å². The summed E-state index contributed by atoms with van der Waals surface area (Å²) in [5.74, 6) is 1.08. The molecule has 6 nitrogen and oxygen atoms in total. The molecular weight excluding hydrogens is 362 g/mol. The zero-order valence-electron chi connectivity index (χ0n) is 15.4. The minimum atomic E-state index is -0.387. The minimum Gasteiger partial charge on any atom is -0.494 e. The van der Waals surface area contributed by atoms with E-state index in [0.29, 0.717) is 23.4 Å². The number of hydrogen-bond donors (Lipinski definition) is 1. The quantitative estimate of drug-likeness (QED) is 0.603. The Kier molecular flexibility index (Phi) is 6.13. The molecule has 0 bridgehead atoms. The molecule has 140 valence electrons. The van der Waals surface area contributed by atoms with Crippen molar-refractivity contribution in [2.75, 3.05) is 11.9 Å². The second kappa shape index (κ2) is 8.73. The molecule has 3 rings (SSSR count). The predicted octanol–water partition coefficient (Wildman–Crippen LogP) is 4.56. The summed E-state index contributed by atoms with van der Waals surface area (Å²) in [5.41, 5.74) is 2.69. The van der Waals surface area contributed by atoms with Crippen LogP contribution in [0.5, 0.6) is 5.75 Å². The van der Waals surface area contributed by atoms with Crippen LogP contribution in [-0.2, 0) is 4.79 Å². The van der Waals surface area contributed by atoms with Crippen molar-refractivity contribution < 1.29 is 13.9 Å². The summed E-state index contributed by atoms with van der Waals surface area (Å²) in [6.45, 7) is 6.33. The number of carbonyl (C=O) groups is 1. The highest BCUT2D eigenvalue weighted by atomic mass is 32.2. The molecule has 27 heavy (non-hydrogen) atoms. The second-order valence-corrected chi connectivity index (χ2v) is 7.24. The summed E-state index contributed by atoms with van der Waals surface area (Å²) in [4.78, 5) is 12.4. The summed E-state index contributed by atoms with van der Waals surface area (Å²) in [5, 5.41) is 10.9. The van der Waals surface area contributed by atoms with E-state index < -0.39 is 0 Å². The highest BCUT2D eigenvalue weighted by Gasteiger charge is 2.19. The first-order valence-corrected chi connectivity index (χ1v) is 9.54. The summed E-state index contributed by atoms with van der Waals surface area (Å²) < 4.78 is 11.1. The van der Waals surface area contributed by atoms with Crippen molar-refractivity contribution in [1.29, 1.82) is 0 Å². The zero-order valence-corrected chi connectivity index (χ0v) is 16.2. The first-order valence-electron chi connectivity index (χ1n) is 8.66. The van der Waals surface area contributed by atoms with Crippen LogP contribution in [0.25, 0.3) is 11.5 Å². The lowest BCUT2D eigenvalue weighted by Crippen LogP contribution is -2.22. The maximum Gasteiger partial charge on any atom is 0.277 e. The van der Waals surface area contributed by atoms with Crippen LogP contribution in [0.15, 0.2) is 58.2 Å². The Bertz CT molecular complexity index is 909. The average molecular weight is 383 g/mol. The van der Waals surface area contributed by atoms with Crippen LogP contribution in [-0.4, -0.2) is 28.0 Å². The van der Waals surface area contributed by atoms with Crippen LogP contribution < -0.4 is 10.1 Å². The fraction of sp³-hybridized carbons (Fsp3) is 0.250. The molecule has 0 fully saturated rings. The van der Waals surface area contributed by atoms with E-state index in [2.05, 4.69) is 15.5 Å². The van der Waals surface area contributed by atoms with Gasteiger partial charge in [-0.15, -0.1) is 10.2 Å². The topological polar surface area (TPSA) is 77.2 Å². The Hall–Kier alpha value is -2.80.